The van der Waals surface area contributed by atoms with E-state index in [1.54, 1.807) is 0 Å². The largest absolute Gasteiger partial charge is 0.465 e. The summed E-state index contributed by atoms with van der Waals surface area (Å²) in [7, 11) is 0. The van der Waals surface area contributed by atoms with Gasteiger partial charge in [-0.2, -0.15) is 0 Å². The SMILES string of the molecule is CCOC(=O)CN1CCN(Cc2c(-c3ccc(Cl)cc3)nc3ccc(-c4ccccc4)cn23)CC1. The lowest BCUT2D eigenvalue weighted by atomic mass is 10.1. The average Bonchev–Trinajstić information content (AvgIpc) is 3.24. The Morgan fingerprint density at radius 2 is 1.57 bits per heavy atom. The van der Waals surface area contributed by atoms with Crippen LogP contribution < -0.4 is 0 Å². The van der Waals surface area contributed by atoms with Crippen LogP contribution in [0.2, 0.25) is 5.02 Å². The number of rotatable bonds is 7. The summed E-state index contributed by atoms with van der Waals surface area (Å²) in [6.45, 7) is 6.81. The van der Waals surface area contributed by atoms with Crippen LogP contribution in [0.5, 0.6) is 0 Å². The van der Waals surface area contributed by atoms with Gasteiger partial charge in [0, 0.05) is 49.5 Å². The van der Waals surface area contributed by atoms with Crippen LogP contribution in [0.25, 0.3) is 28.0 Å². The number of fused-ring (bicyclic) bond motifs is 1. The number of ether oxygens (including phenoxy) is 1. The van der Waals surface area contributed by atoms with Crippen molar-refractivity contribution in [1.29, 1.82) is 0 Å². The Labute approximate surface area is 210 Å². The summed E-state index contributed by atoms with van der Waals surface area (Å²) in [6.07, 6.45) is 2.18. The number of nitrogens with zero attached hydrogens (tertiary/aromatic N) is 4. The first-order valence-electron chi connectivity index (χ1n) is 12.0. The predicted molar refractivity (Wildman–Crippen MR) is 139 cm³/mol. The maximum atomic E-state index is 11.9. The van der Waals surface area contributed by atoms with Crippen LogP contribution in [0, 0.1) is 0 Å². The number of hydrogen-bond acceptors (Lipinski definition) is 5. The Bertz CT molecular complexity index is 1300. The molecule has 2 aromatic heterocycles. The number of carbonyl (C=O) groups excluding carboxylic acids is 1. The topological polar surface area (TPSA) is 50.1 Å². The molecule has 7 heteroatoms. The van der Waals surface area contributed by atoms with Crippen molar-refractivity contribution in [1.82, 2.24) is 19.2 Å². The molecule has 1 fully saturated rings. The molecule has 0 bridgehead atoms. The van der Waals surface area contributed by atoms with Gasteiger partial charge in [-0.3, -0.25) is 14.6 Å². The summed E-state index contributed by atoms with van der Waals surface area (Å²) < 4.78 is 7.33. The van der Waals surface area contributed by atoms with Crippen LogP contribution in [0.3, 0.4) is 0 Å². The first-order valence-corrected chi connectivity index (χ1v) is 12.4. The van der Waals surface area contributed by atoms with E-state index in [0.717, 1.165) is 60.9 Å². The van der Waals surface area contributed by atoms with Crippen LogP contribution in [-0.4, -0.2) is 64.5 Å². The van der Waals surface area contributed by atoms with Gasteiger partial charge in [0.05, 0.1) is 24.5 Å². The molecule has 0 amide bonds. The van der Waals surface area contributed by atoms with Crippen LogP contribution in [0.1, 0.15) is 12.6 Å². The number of benzene rings is 2. The second-order valence-corrected chi connectivity index (χ2v) is 9.22. The Balaban J connectivity index is 1.44. The maximum Gasteiger partial charge on any atom is 0.320 e. The summed E-state index contributed by atoms with van der Waals surface area (Å²) in [5, 5.41) is 0.711. The lowest BCUT2D eigenvalue weighted by molar-refractivity contribution is -0.144. The molecular formula is C28H29ClN4O2. The van der Waals surface area contributed by atoms with E-state index >= 15 is 0 Å². The van der Waals surface area contributed by atoms with E-state index in [9.17, 15) is 4.79 Å². The number of pyridine rings is 1. The zero-order valence-corrected chi connectivity index (χ0v) is 20.6. The Morgan fingerprint density at radius 1 is 0.886 bits per heavy atom. The minimum Gasteiger partial charge on any atom is -0.465 e. The quantitative estimate of drug-likeness (QED) is 0.342. The van der Waals surface area contributed by atoms with Gasteiger partial charge in [0.15, 0.2) is 0 Å². The van der Waals surface area contributed by atoms with Crippen molar-refractivity contribution in [2.75, 3.05) is 39.3 Å². The fourth-order valence-electron chi connectivity index (χ4n) is 4.59. The van der Waals surface area contributed by atoms with Gasteiger partial charge in [0.2, 0.25) is 0 Å². The first kappa shape index (κ1) is 23.5. The van der Waals surface area contributed by atoms with Crippen molar-refractivity contribution < 1.29 is 9.53 Å². The molecule has 1 aliphatic heterocycles. The van der Waals surface area contributed by atoms with Gasteiger partial charge in [0.25, 0.3) is 0 Å². The number of hydrogen-bond donors (Lipinski definition) is 0. The van der Waals surface area contributed by atoms with Gasteiger partial charge in [-0.15, -0.1) is 0 Å². The highest BCUT2D eigenvalue weighted by molar-refractivity contribution is 6.30. The van der Waals surface area contributed by atoms with E-state index in [-0.39, 0.29) is 5.97 Å². The van der Waals surface area contributed by atoms with E-state index in [4.69, 9.17) is 21.3 Å². The van der Waals surface area contributed by atoms with E-state index in [2.05, 4.69) is 56.8 Å². The van der Waals surface area contributed by atoms with Crippen LogP contribution >= 0.6 is 11.6 Å². The fraction of sp³-hybridized carbons (Fsp3) is 0.286. The summed E-state index contributed by atoms with van der Waals surface area (Å²) in [5.74, 6) is -0.152. The van der Waals surface area contributed by atoms with Crippen molar-refractivity contribution in [2.45, 2.75) is 13.5 Å². The Kier molecular flexibility index (Phi) is 7.13. The summed E-state index contributed by atoms with van der Waals surface area (Å²) in [4.78, 5) is 21.5. The second kappa shape index (κ2) is 10.6. The molecule has 4 aromatic rings. The molecule has 0 unspecified atom stereocenters. The van der Waals surface area contributed by atoms with Gasteiger partial charge in [-0.25, -0.2) is 4.98 Å². The highest BCUT2D eigenvalue weighted by Gasteiger charge is 2.23. The fourth-order valence-corrected chi connectivity index (χ4v) is 4.72. The zero-order valence-electron chi connectivity index (χ0n) is 19.9. The molecule has 0 aliphatic carbocycles. The molecule has 1 aliphatic rings. The number of aromatic nitrogens is 2. The average molecular weight is 489 g/mol. The number of imidazole rings is 1. The minimum absolute atomic E-state index is 0.152. The molecule has 2 aromatic carbocycles. The molecule has 1 saturated heterocycles. The second-order valence-electron chi connectivity index (χ2n) is 8.78. The summed E-state index contributed by atoms with van der Waals surface area (Å²) in [6, 6.07) is 22.5. The van der Waals surface area contributed by atoms with Crippen LogP contribution in [0.4, 0.5) is 0 Å². The van der Waals surface area contributed by atoms with Crippen molar-refractivity contribution in [3.63, 3.8) is 0 Å². The molecule has 180 valence electrons. The predicted octanol–water partition coefficient (Wildman–Crippen LogP) is 5.00. The first-order chi connectivity index (χ1) is 17.1. The van der Waals surface area contributed by atoms with Crippen molar-refractivity contribution in [2.24, 2.45) is 0 Å². The standard InChI is InChI=1S/C28H29ClN4O2/c1-2-35-27(34)20-32-16-14-31(15-17-32)19-25-28(22-8-11-24(29)12-9-22)30-26-13-10-23(18-33(25)26)21-6-4-3-5-7-21/h3-13,18H,2,14-17,19-20H2,1H3. The highest BCUT2D eigenvalue weighted by Crippen LogP contribution is 2.29. The number of carbonyl (C=O) groups is 1. The number of esters is 1. The third-order valence-corrected chi connectivity index (χ3v) is 6.69. The van der Waals surface area contributed by atoms with Gasteiger partial charge in [0.1, 0.15) is 5.65 Å². The van der Waals surface area contributed by atoms with Gasteiger partial charge >= 0.3 is 5.97 Å². The molecule has 0 saturated carbocycles. The molecule has 0 N–H and O–H groups in total. The van der Waals surface area contributed by atoms with E-state index in [0.29, 0.717) is 18.2 Å². The lowest BCUT2D eigenvalue weighted by Gasteiger charge is -2.34. The number of halogens is 1. The Hall–Kier alpha value is -3.19. The number of piperazine rings is 1. The molecular weight excluding hydrogens is 460 g/mol. The normalized spacial score (nSPS) is 14.9. The monoisotopic (exact) mass is 488 g/mol. The molecule has 35 heavy (non-hydrogen) atoms. The third kappa shape index (κ3) is 5.40. The molecule has 0 spiro atoms. The van der Waals surface area contributed by atoms with Crippen molar-refractivity contribution >= 4 is 23.2 Å². The summed E-state index contributed by atoms with van der Waals surface area (Å²) in [5.41, 5.74) is 6.42. The van der Waals surface area contributed by atoms with Crippen molar-refractivity contribution in [3.8, 4) is 22.4 Å². The molecule has 3 heterocycles. The van der Waals surface area contributed by atoms with Crippen molar-refractivity contribution in [3.05, 3.63) is 83.6 Å². The van der Waals surface area contributed by atoms with Gasteiger partial charge in [-0.05, 0) is 42.3 Å². The van der Waals surface area contributed by atoms with Gasteiger partial charge in [-0.1, -0.05) is 54.1 Å². The minimum atomic E-state index is -0.152. The van der Waals surface area contributed by atoms with Crippen LogP contribution in [-0.2, 0) is 16.1 Å². The molecule has 5 rings (SSSR count). The lowest BCUT2D eigenvalue weighted by Crippen LogP contribution is -2.47. The smallest absolute Gasteiger partial charge is 0.320 e. The maximum absolute atomic E-state index is 11.9. The van der Waals surface area contributed by atoms with E-state index in [1.165, 1.54) is 5.56 Å². The summed E-state index contributed by atoms with van der Waals surface area (Å²) >= 11 is 6.16. The molecule has 6 nitrogen and oxygen atoms in total. The molecule has 0 atom stereocenters. The molecule has 0 radical (unpaired) electrons. The Morgan fingerprint density at radius 3 is 2.29 bits per heavy atom. The van der Waals surface area contributed by atoms with E-state index in [1.807, 2.05) is 37.3 Å². The van der Waals surface area contributed by atoms with E-state index < -0.39 is 0 Å². The van der Waals surface area contributed by atoms with Crippen LogP contribution in [0.15, 0.2) is 72.9 Å². The third-order valence-electron chi connectivity index (χ3n) is 6.44. The zero-order chi connectivity index (χ0) is 24.2. The highest BCUT2D eigenvalue weighted by atomic mass is 35.5. The van der Waals surface area contributed by atoms with Gasteiger partial charge < -0.3 is 9.14 Å².